The quantitative estimate of drug-likeness (QED) is 0.265. The summed E-state index contributed by atoms with van der Waals surface area (Å²) in [6.07, 6.45) is 0. The zero-order chi connectivity index (χ0) is 25.1. The number of para-hydroxylation sites is 3. The third kappa shape index (κ3) is 3.28. The Morgan fingerprint density at radius 1 is 0.395 bits per heavy atom. The van der Waals surface area contributed by atoms with Crippen molar-refractivity contribution < 1.29 is 4.42 Å². The maximum atomic E-state index is 6.15. The number of fused-ring (bicyclic) bond motifs is 6. The highest BCUT2D eigenvalue weighted by molar-refractivity contribution is 6.12. The van der Waals surface area contributed by atoms with Gasteiger partial charge in [0.2, 0.25) is 0 Å². The molecule has 0 spiro atoms. The molecule has 2 heteroatoms. The van der Waals surface area contributed by atoms with Crippen molar-refractivity contribution >= 4 is 43.7 Å². The van der Waals surface area contributed by atoms with Crippen molar-refractivity contribution in [3.05, 3.63) is 133 Å². The molecule has 8 aromatic rings. The molecule has 2 heterocycles. The van der Waals surface area contributed by atoms with Crippen LogP contribution in [-0.2, 0) is 0 Å². The molecule has 0 atom stereocenters. The van der Waals surface area contributed by atoms with E-state index in [0.717, 1.165) is 27.5 Å². The Morgan fingerprint density at radius 3 is 1.84 bits per heavy atom. The van der Waals surface area contributed by atoms with Crippen LogP contribution in [0.5, 0.6) is 0 Å². The van der Waals surface area contributed by atoms with Crippen LogP contribution in [0, 0.1) is 0 Å². The maximum absolute atomic E-state index is 6.15. The van der Waals surface area contributed by atoms with Gasteiger partial charge >= 0.3 is 0 Å². The Morgan fingerprint density at radius 2 is 1.00 bits per heavy atom. The molecule has 2 aromatic heterocycles. The summed E-state index contributed by atoms with van der Waals surface area (Å²) in [5.74, 6) is 0. The molecule has 0 fully saturated rings. The first-order chi connectivity index (χ1) is 18.8. The molecule has 6 aromatic carbocycles. The number of nitrogens with one attached hydrogen (secondary N) is 1. The maximum Gasteiger partial charge on any atom is 0.136 e. The second kappa shape index (κ2) is 8.22. The standard InChI is InChI=1S/C36H23NO/c1-3-16-33-29(12-1)32-15-7-14-28(36(32)37-33)27-11-6-10-25(21-27)23-8-5-9-24(20-23)26-18-19-31-30-13-2-4-17-34(30)38-35(31)22-26/h1-22,37H. The van der Waals surface area contributed by atoms with E-state index in [1.165, 1.54) is 49.6 Å². The van der Waals surface area contributed by atoms with E-state index in [1.807, 2.05) is 12.1 Å². The van der Waals surface area contributed by atoms with Gasteiger partial charge in [0.15, 0.2) is 0 Å². The number of H-pyrrole nitrogens is 1. The number of furan rings is 1. The molecule has 0 aliphatic rings. The Kier molecular flexibility index (Phi) is 4.55. The molecule has 2 nitrogen and oxygen atoms in total. The normalized spacial score (nSPS) is 11.7. The summed E-state index contributed by atoms with van der Waals surface area (Å²) >= 11 is 0. The lowest BCUT2D eigenvalue weighted by atomic mass is 9.95. The average molecular weight is 486 g/mol. The summed E-state index contributed by atoms with van der Waals surface area (Å²) in [7, 11) is 0. The lowest BCUT2D eigenvalue weighted by Crippen LogP contribution is -1.84. The highest BCUT2D eigenvalue weighted by Gasteiger charge is 2.12. The van der Waals surface area contributed by atoms with Gasteiger partial charge in [-0.15, -0.1) is 0 Å². The first-order valence-corrected chi connectivity index (χ1v) is 12.9. The summed E-state index contributed by atoms with van der Waals surface area (Å²) in [6, 6.07) is 47.4. The molecule has 1 N–H and O–H groups in total. The van der Waals surface area contributed by atoms with Crippen molar-refractivity contribution in [3.63, 3.8) is 0 Å². The molecular weight excluding hydrogens is 462 g/mol. The number of benzene rings is 6. The number of aromatic amines is 1. The lowest BCUT2D eigenvalue weighted by Gasteiger charge is -2.09. The Labute approximate surface area is 219 Å². The topological polar surface area (TPSA) is 28.9 Å². The van der Waals surface area contributed by atoms with Crippen LogP contribution in [0.15, 0.2) is 138 Å². The molecule has 178 valence electrons. The lowest BCUT2D eigenvalue weighted by molar-refractivity contribution is 0.669. The monoisotopic (exact) mass is 485 g/mol. The van der Waals surface area contributed by atoms with Gasteiger partial charge in [-0.1, -0.05) is 97.1 Å². The van der Waals surface area contributed by atoms with Crippen molar-refractivity contribution in [3.8, 4) is 33.4 Å². The average Bonchev–Trinajstić information content (AvgIpc) is 3.55. The van der Waals surface area contributed by atoms with Crippen molar-refractivity contribution in [1.29, 1.82) is 0 Å². The zero-order valence-corrected chi connectivity index (χ0v) is 20.6. The molecular formula is C36H23NO. The summed E-state index contributed by atoms with van der Waals surface area (Å²) in [5.41, 5.74) is 11.3. The van der Waals surface area contributed by atoms with Crippen LogP contribution in [0.2, 0.25) is 0 Å². The van der Waals surface area contributed by atoms with Gasteiger partial charge in [0.25, 0.3) is 0 Å². The van der Waals surface area contributed by atoms with Crippen molar-refractivity contribution in [2.45, 2.75) is 0 Å². The summed E-state index contributed by atoms with van der Waals surface area (Å²) < 4.78 is 6.15. The molecule has 0 aliphatic carbocycles. The second-order valence-corrected chi connectivity index (χ2v) is 9.87. The van der Waals surface area contributed by atoms with Gasteiger partial charge in [0.1, 0.15) is 11.2 Å². The van der Waals surface area contributed by atoms with Gasteiger partial charge in [-0.25, -0.2) is 0 Å². The van der Waals surface area contributed by atoms with Gasteiger partial charge in [0.05, 0.1) is 5.52 Å². The highest BCUT2D eigenvalue weighted by atomic mass is 16.3. The minimum absolute atomic E-state index is 0.919. The first-order valence-electron chi connectivity index (χ1n) is 12.9. The van der Waals surface area contributed by atoms with Crippen LogP contribution < -0.4 is 0 Å². The molecule has 0 aliphatic heterocycles. The summed E-state index contributed by atoms with van der Waals surface area (Å²) in [6.45, 7) is 0. The van der Waals surface area contributed by atoms with Gasteiger partial charge in [0, 0.05) is 32.6 Å². The van der Waals surface area contributed by atoms with E-state index in [-0.39, 0.29) is 0 Å². The van der Waals surface area contributed by atoms with E-state index < -0.39 is 0 Å². The van der Waals surface area contributed by atoms with E-state index in [9.17, 15) is 0 Å². The van der Waals surface area contributed by atoms with Crippen molar-refractivity contribution in [1.82, 2.24) is 4.98 Å². The number of aromatic nitrogens is 1. The van der Waals surface area contributed by atoms with Crippen LogP contribution in [0.25, 0.3) is 77.1 Å². The minimum Gasteiger partial charge on any atom is -0.456 e. The zero-order valence-electron chi connectivity index (χ0n) is 20.6. The predicted molar refractivity (Wildman–Crippen MR) is 159 cm³/mol. The minimum atomic E-state index is 0.919. The third-order valence-corrected chi connectivity index (χ3v) is 7.62. The van der Waals surface area contributed by atoms with Crippen LogP contribution in [0.3, 0.4) is 0 Å². The van der Waals surface area contributed by atoms with Gasteiger partial charge in [-0.2, -0.15) is 0 Å². The molecule has 0 unspecified atom stereocenters. The number of rotatable bonds is 3. The molecule has 0 radical (unpaired) electrons. The molecule has 0 saturated heterocycles. The number of hydrogen-bond acceptors (Lipinski definition) is 1. The van der Waals surface area contributed by atoms with Crippen molar-refractivity contribution in [2.75, 3.05) is 0 Å². The fourth-order valence-corrected chi connectivity index (χ4v) is 5.76. The summed E-state index contributed by atoms with van der Waals surface area (Å²) in [4.78, 5) is 3.65. The van der Waals surface area contributed by atoms with Crippen LogP contribution in [0.4, 0.5) is 0 Å². The van der Waals surface area contributed by atoms with Gasteiger partial charge in [-0.3, -0.25) is 0 Å². The van der Waals surface area contributed by atoms with Crippen molar-refractivity contribution in [2.24, 2.45) is 0 Å². The Bertz CT molecular complexity index is 2140. The van der Waals surface area contributed by atoms with Crippen LogP contribution >= 0.6 is 0 Å². The Hall–Kier alpha value is -5.08. The molecule has 0 bridgehead atoms. The molecule has 0 amide bonds. The van der Waals surface area contributed by atoms with Gasteiger partial charge < -0.3 is 9.40 Å². The third-order valence-electron chi connectivity index (χ3n) is 7.62. The SMILES string of the molecule is c1cc(-c2cccc(-c3cccc4c3[nH]c3ccccc34)c2)cc(-c2ccc3c(c2)oc2ccccc23)c1. The summed E-state index contributed by atoms with van der Waals surface area (Å²) in [5, 5.41) is 4.82. The predicted octanol–water partition coefficient (Wildman–Crippen LogP) is 10.2. The smallest absolute Gasteiger partial charge is 0.136 e. The van der Waals surface area contributed by atoms with E-state index in [0.29, 0.717) is 0 Å². The largest absolute Gasteiger partial charge is 0.456 e. The molecule has 38 heavy (non-hydrogen) atoms. The second-order valence-electron chi connectivity index (χ2n) is 9.87. The van der Waals surface area contributed by atoms with Crippen LogP contribution in [0.1, 0.15) is 0 Å². The Balaban J connectivity index is 1.21. The fourth-order valence-electron chi connectivity index (χ4n) is 5.76. The van der Waals surface area contributed by atoms with E-state index >= 15 is 0 Å². The van der Waals surface area contributed by atoms with Gasteiger partial charge in [-0.05, 0) is 64.2 Å². The van der Waals surface area contributed by atoms with E-state index in [2.05, 4.69) is 126 Å². The molecule has 8 rings (SSSR count). The number of hydrogen-bond donors (Lipinski definition) is 1. The first kappa shape index (κ1) is 21.0. The molecule has 0 saturated carbocycles. The van der Waals surface area contributed by atoms with E-state index in [1.54, 1.807) is 0 Å². The fraction of sp³-hybridized carbons (Fsp3) is 0. The van der Waals surface area contributed by atoms with Crippen LogP contribution in [-0.4, -0.2) is 4.98 Å². The van der Waals surface area contributed by atoms with E-state index in [4.69, 9.17) is 4.42 Å². The highest BCUT2D eigenvalue weighted by Crippen LogP contribution is 2.36.